The number of benzene rings is 3. The first-order valence-electron chi connectivity index (χ1n) is 12.8. The van der Waals surface area contributed by atoms with Crippen molar-refractivity contribution in [2.45, 2.75) is 13.0 Å². The first-order valence-corrected chi connectivity index (χ1v) is 12.8. The van der Waals surface area contributed by atoms with E-state index in [-0.39, 0.29) is 5.78 Å². The molecule has 2 aliphatic rings. The Bertz CT molecular complexity index is 1490. The number of para-hydroxylation sites is 1. The number of carbonyl (C=O) groups excluding carboxylic acids is 1. The summed E-state index contributed by atoms with van der Waals surface area (Å²) in [5.41, 5.74) is 6.09. The maximum atomic E-state index is 12.8. The van der Waals surface area contributed by atoms with Gasteiger partial charge in [-0.15, -0.1) is 0 Å². The van der Waals surface area contributed by atoms with Gasteiger partial charge in [0.2, 0.25) is 0 Å². The highest BCUT2D eigenvalue weighted by Crippen LogP contribution is 2.29. The molecule has 0 atom stereocenters. The van der Waals surface area contributed by atoms with Crippen molar-refractivity contribution in [2.24, 2.45) is 4.99 Å². The average molecular weight is 491 g/mol. The fourth-order valence-corrected chi connectivity index (χ4v) is 4.98. The molecule has 0 radical (unpaired) electrons. The summed E-state index contributed by atoms with van der Waals surface area (Å²) in [7, 11) is 2.13. The van der Waals surface area contributed by atoms with Crippen LogP contribution in [0.3, 0.4) is 0 Å². The van der Waals surface area contributed by atoms with E-state index in [1.807, 2.05) is 54.7 Å². The second-order valence-corrected chi connectivity index (χ2v) is 9.92. The molecule has 7 heteroatoms. The first kappa shape index (κ1) is 23.5. The number of aromatic nitrogens is 2. The molecule has 3 aromatic carbocycles. The van der Waals surface area contributed by atoms with Gasteiger partial charge in [0, 0.05) is 55.5 Å². The van der Waals surface area contributed by atoms with Crippen LogP contribution in [0, 0.1) is 0 Å². The third-order valence-corrected chi connectivity index (χ3v) is 7.09. The number of fused-ring (bicyclic) bond motifs is 2. The maximum absolute atomic E-state index is 12.8. The number of hydrogen-bond donors (Lipinski definition) is 1. The minimum atomic E-state index is 0.239. The molecule has 3 heterocycles. The Hall–Kier alpha value is -3.94. The van der Waals surface area contributed by atoms with Crippen LogP contribution in [0.2, 0.25) is 0 Å². The van der Waals surface area contributed by atoms with Crippen LogP contribution in [-0.4, -0.2) is 71.5 Å². The van der Waals surface area contributed by atoms with Crippen LogP contribution >= 0.6 is 0 Å². The molecule has 6 rings (SSSR count). The second kappa shape index (κ2) is 10.2. The number of piperazine rings is 1. The predicted molar refractivity (Wildman–Crippen MR) is 149 cm³/mol. The Morgan fingerprint density at radius 2 is 1.81 bits per heavy atom. The lowest BCUT2D eigenvalue weighted by molar-refractivity contribution is -0.119. The number of rotatable bonds is 7. The zero-order valence-electron chi connectivity index (χ0n) is 21.0. The minimum Gasteiger partial charge on any atom is -0.340 e. The van der Waals surface area contributed by atoms with Gasteiger partial charge in [-0.05, 0) is 54.1 Å². The van der Waals surface area contributed by atoms with Crippen molar-refractivity contribution in [3.63, 3.8) is 0 Å². The van der Waals surface area contributed by atoms with Gasteiger partial charge in [0.15, 0.2) is 11.6 Å². The Morgan fingerprint density at radius 1 is 0.946 bits per heavy atom. The molecule has 7 nitrogen and oxygen atoms in total. The molecule has 0 amide bonds. The number of hydrogen-bond acceptors (Lipinski definition) is 7. The van der Waals surface area contributed by atoms with Crippen molar-refractivity contribution in [2.75, 3.05) is 45.1 Å². The lowest BCUT2D eigenvalue weighted by Gasteiger charge is -2.31. The molecule has 1 aromatic heterocycles. The zero-order chi connectivity index (χ0) is 25.2. The summed E-state index contributed by atoms with van der Waals surface area (Å²) >= 11 is 0. The van der Waals surface area contributed by atoms with Crippen molar-refractivity contribution in [3.05, 3.63) is 83.4 Å². The molecule has 0 bridgehead atoms. The molecule has 0 saturated carbocycles. The topological polar surface area (TPSA) is 73.7 Å². The van der Waals surface area contributed by atoms with E-state index in [1.165, 1.54) is 5.56 Å². The lowest BCUT2D eigenvalue weighted by atomic mass is 10.0. The molecule has 2 aliphatic heterocycles. The Kier molecular flexibility index (Phi) is 6.47. The van der Waals surface area contributed by atoms with Gasteiger partial charge < -0.3 is 10.2 Å². The fraction of sp³-hybridized carbons (Fsp3) is 0.267. The fourth-order valence-electron chi connectivity index (χ4n) is 4.98. The van der Waals surface area contributed by atoms with Gasteiger partial charge in [-0.25, -0.2) is 9.97 Å². The molecule has 0 aliphatic carbocycles. The van der Waals surface area contributed by atoms with E-state index >= 15 is 0 Å². The zero-order valence-corrected chi connectivity index (χ0v) is 21.0. The second-order valence-electron chi connectivity index (χ2n) is 9.92. The van der Waals surface area contributed by atoms with E-state index in [2.05, 4.69) is 45.4 Å². The number of Topliss-reactive ketones (excluding diaryl/α,β-unsaturated/α-hetero) is 1. The van der Waals surface area contributed by atoms with Crippen molar-refractivity contribution in [3.8, 4) is 11.4 Å². The molecular formula is C30H30N6O. The number of carbonyl (C=O) groups is 1. The van der Waals surface area contributed by atoms with E-state index in [9.17, 15) is 4.79 Å². The molecule has 186 valence electrons. The molecule has 1 N–H and O–H groups in total. The molecule has 0 unspecified atom stereocenters. The summed E-state index contributed by atoms with van der Waals surface area (Å²) in [6, 6.07) is 22.4. The third-order valence-electron chi connectivity index (χ3n) is 7.09. The van der Waals surface area contributed by atoms with Crippen LogP contribution in [0.4, 0.5) is 11.5 Å². The standard InChI is InChI=1S/C30H30N6O/c1-35-11-13-36(14-12-35)20-26(37)16-21-5-4-6-22(15-21)29-33-28-8-3-2-7-27(28)30(34-29)32-25-10-9-23-18-31-19-24(23)17-25/h2-10,15,17,19H,11-14,16,18,20H2,1H3,(H,32,33,34). The molecule has 4 aromatic rings. The van der Waals surface area contributed by atoms with Crippen LogP contribution in [-0.2, 0) is 17.8 Å². The van der Waals surface area contributed by atoms with Crippen molar-refractivity contribution in [1.29, 1.82) is 0 Å². The van der Waals surface area contributed by atoms with E-state index in [4.69, 9.17) is 9.97 Å². The van der Waals surface area contributed by atoms with Gasteiger partial charge >= 0.3 is 0 Å². The van der Waals surface area contributed by atoms with Gasteiger partial charge in [0.05, 0.1) is 18.6 Å². The summed E-state index contributed by atoms with van der Waals surface area (Å²) in [6.45, 7) is 5.16. The largest absolute Gasteiger partial charge is 0.340 e. The van der Waals surface area contributed by atoms with Crippen LogP contribution in [0.1, 0.15) is 16.7 Å². The number of nitrogens with zero attached hydrogens (tertiary/aromatic N) is 5. The first-order chi connectivity index (χ1) is 18.1. The molecular weight excluding hydrogens is 460 g/mol. The van der Waals surface area contributed by atoms with Gasteiger partial charge in [0.1, 0.15) is 5.82 Å². The Balaban J connectivity index is 1.25. The van der Waals surface area contributed by atoms with Crippen molar-refractivity contribution < 1.29 is 4.79 Å². The van der Waals surface area contributed by atoms with Gasteiger partial charge in [-0.3, -0.25) is 14.7 Å². The normalized spacial score (nSPS) is 15.7. The highest BCUT2D eigenvalue weighted by atomic mass is 16.1. The lowest BCUT2D eigenvalue weighted by Crippen LogP contribution is -2.46. The minimum absolute atomic E-state index is 0.239. The van der Waals surface area contributed by atoms with E-state index in [0.29, 0.717) is 18.8 Å². The van der Waals surface area contributed by atoms with Crippen LogP contribution < -0.4 is 5.32 Å². The number of anilines is 2. The molecule has 0 spiro atoms. The SMILES string of the molecule is CN1CCN(CC(=O)Cc2cccc(-c3nc(Nc4ccc5c(c4)C=NC5)c4ccccc4n3)c2)CC1. The van der Waals surface area contributed by atoms with Crippen molar-refractivity contribution >= 4 is 34.4 Å². The monoisotopic (exact) mass is 490 g/mol. The molecule has 37 heavy (non-hydrogen) atoms. The third kappa shape index (κ3) is 5.28. The summed E-state index contributed by atoms with van der Waals surface area (Å²) in [5.74, 6) is 1.63. The molecule has 1 saturated heterocycles. The highest BCUT2D eigenvalue weighted by molar-refractivity contribution is 5.93. The summed E-state index contributed by atoms with van der Waals surface area (Å²) in [5, 5.41) is 4.46. The number of ketones is 1. The number of nitrogens with one attached hydrogen (secondary N) is 1. The number of likely N-dealkylation sites (N-methyl/N-ethyl adjacent to an activating group) is 1. The van der Waals surface area contributed by atoms with Gasteiger partial charge in [0.25, 0.3) is 0 Å². The highest BCUT2D eigenvalue weighted by Gasteiger charge is 2.17. The smallest absolute Gasteiger partial charge is 0.162 e. The van der Waals surface area contributed by atoms with Crippen LogP contribution in [0.25, 0.3) is 22.3 Å². The predicted octanol–water partition coefficient (Wildman–Crippen LogP) is 4.33. The average Bonchev–Trinajstić information content (AvgIpc) is 3.38. The van der Waals surface area contributed by atoms with Gasteiger partial charge in [-0.2, -0.15) is 0 Å². The Morgan fingerprint density at radius 3 is 2.70 bits per heavy atom. The Labute approximate surface area is 216 Å². The summed E-state index contributed by atoms with van der Waals surface area (Å²) < 4.78 is 0. The van der Waals surface area contributed by atoms with Crippen molar-refractivity contribution in [1.82, 2.24) is 19.8 Å². The maximum Gasteiger partial charge on any atom is 0.162 e. The van der Waals surface area contributed by atoms with E-state index in [1.54, 1.807) is 0 Å². The van der Waals surface area contributed by atoms with Gasteiger partial charge in [-0.1, -0.05) is 36.4 Å². The summed E-state index contributed by atoms with van der Waals surface area (Å²) in [6.07, 6.45) is 2.33. The van der Waals surface area contributed by atoms with E-state index < -0.39 is 0 Å². The summed E-state index contributed by atoms with van der Waals surface area (Å²) in [4.78, 5) is 31.5. The van der Waals surface area contributed by atoms with E-state index in [0.717, 1.165) is 71.8 Å². The quantitative estimate of drug-likeness (QED) is 0.416. The number of aliphatic imine (C=N–C) groups is 1. The molecule has 1 fully saturated rings. The van der Waals surface area contributed by atoms with Crippen LogP contribution in [0.15, 0.2) is 71.7 Å². The van der Waals surface area contributed by atoms with Crippen LogP contribution in [0.5, 0.6) is 0 Å².